The van der Waals surface area contributed by atoms with Crippen LogP contribution in [0.4, 0.5) is 8.78 Å². The minimum Gasteiger partial charge on any atom is -0.207 e. The fourth-order valence-electron chi connectivity index (χ4n) is 1.02. The zero-order chi connectivity index (χ0) is 9.14. The Morgan fingerprint density at radius 3 is 2.25 bits per heavy atom. The van der Waals surface area contributed by atoms with Crippen molar-refractivity contribution < 1.29 is 8.78 Å². The lowest BCUT2D eigenvalue weighted by molar-refractivity contribution is 0.567. The van der Waals surface area contributed by atoms with Crippen LogP contribution in [0.5, 0.6) is 0 Å². The van der Waals surface area contributed by atoms with Crippen molar-refractivity contribution in [2.75, 3.05) is 0 Å². The van der Waals surface area contributed by atoms with Gasteiger partial charge in [-0.15, -0.1) is 0 Å². The fourth-order valence-corrected chi connectivity index (χ4v) is 1.45. The lowest BCUT2D eigenvalue weighted by atomic mass is 10.1. The van der Waals surface area contributed by atoms with E-state index in [-0.39, 0.29) is 0 Å². The van der Waals surface area contributed by atoms with Crippen LogP contribution in [-0.4, -0.2) is 0 Å². The van der Waals surface area contributed by atoms with Crippen molar-refractivity contribution in [2.45, 2.75) is 18.7 Å². The first-order chi connectivity index (χ1) is 5.69. The van der Waals surface area contributed by atoms with Crippen molar-refractivity contribution in [3.05, 3.63) is 34.9 Å². The second-order valence-corrected chi connectivity index (χ2v) is 3.08. The molecule has 0 aliphatic carbocycles. The molecule has 0 saturated heterocycles. The van der Waals surface area contributed by atoms with E-state index in [9.17, 15) is 8.78 Å². The van der Waals surface area contributed by atoms with Crippen LogP contribution in [0.2, 0.25) is 0 Å². The Bertz CT molecular complexity index is 259. The fraction of sp³-hybridized carbons (Fsp3) is 0.333. The van der Waals surface area contributed by atoms with Gasteiger partial charge in [-0.05, 0) is 23.6 Å². The molecule has 0 saturated carbocycles. The Morgan fingerprint density at radius 1 is 1.17 bits per heavy atom. The van der Waals surface area contributed by atoms with E-state index in [1.165, 1.54) is 0 Å². The molecule has 1 aromatic rings. The SMILES string of the molecule is CCc1cc(CBr)c(F)cc1F. The summed E-state index contributed by atoms with van der Waals surface area (Å²) >= 11 is 3.13. The molecule has 0 heterocycles. The van der Waals surface area contributed by atoms with Crippen molar-refractivity contribution in [2.24, 2.45) is 0 Å². The highest BCUT2D eigenvalue weighted by Crippen LogP contribution is 2.17. The quantitative estimate of drug-likeness (QED) is 0.689. The van der Waals surface area contributed by atoms with Gasteiger partial charge < -0.3 is 0 Å². The molecule has 0 spiro atoms. The Balaban J connectivity index is 3.18. The topological polar surface area (TPSA) is 0 Å². The summed E-state index contributed by atoms with van der Waals surface area (Å²) in [6, 6.07) is 2.49. The van der Waals surface area contributed by atoms with Crippen molar-refractivity contribution in [1.29, 1.82) is 0 Å². The maximum absolute atomic E-state index is 12.9. The normalized spacial score (nSPS) is 10.3. The summed E-state index contributed by atoms with van der Waals surface area (Å²) in [5.74, 6) is -0.943. The molecule has 0 amide bonds. The number of alkyl halides is 1. The summed E-state index contributed by atoms with van der Waals surface area (Å²) in [6.45, 7) is 1.84. The van der Waals surface area contributed by atoms with Crippen molar-refractivity contribution in [1.82, 2.24) is 0 Å². The predicted octanol–water partition coefficient (Wildman–Crippen LogP) is 3.42. The van der Waals surface area contributed by atoms with Gasteiger partial charge in [0.25, 0.3) is 0 Å². The molecule has 0 aliphatic heterocycles. The van der Waals surface area contributed by atoms with Crippen LogP contribution in [0.15, 0.2) is 12.1 Å². The average molecular weight is 235 g/mol. The molecule has 0 radical (unpaired) electrons. The van der Waals surface area contributed by atoms with Gasteiger partial charge in [0.1, 0.15) is 11.6 Å². The smallest absolute Gasteiger partial charge is 0.130 e. The van der Waals surface area contributed by atoms with Crippen LogP contribution in [0.25, 0.3) is 0 Å². The van der Waals surface area contributed by atoms with Gasteiger partial charge in [-0.1, -0.05) is 22.9 Å². The van der Waals surface area contributed by atoms with Crippen LogP contribution >= 0.6 is 15.9 Å². The van der Waals surface area contributed by atoms with Crippen LogP contribution in [-0.2, 0) is 11.8 Å². The van der Waals surface area contributed by atoms with E-state index in [2.05, 4.69) is 15.9 Å². The summed E-state index contributed by atoms with van der Waals surface area (Å²) in [5, 5.41) is 0.423. The molecule has 3 heteroatoms. The molecule has 0 N–H and O–H groups in total. The minimum atomic E-state index is -0.485. The molecule has 0 bridgehead atoms. The van der Waals surface area contributed by atoms with Crippen LogP contribution in [0.1, 0.15) is 18.1 Å². The number of hydrogen-bond donors (Lipinski definition) is 0. The first-order valence-electron chi connectivity index (χ1n) is 3.71. The average Bonchev–Trinajstić information content (AvgIpc) is 2.05. The number of rotatable bonds is 2. The maximum Gasteiger partial charge on any atom is 0.130 e. The highest BCUT2D eigenvalue weighted by Gasteiger charge is 2.06. The molecule has 0 aromatic heterocycles. The summed E-state index contributed by atoms with van der Waals surface area (Å²) in [4.78, 5) is 0. The summed E-state index contributed by atoms with van der Waals surface area (Å²) in [5.41, 5.74) is 1.07. The van der Waals surface area contributed by atoms with E-state index in [1.807, 2.05) is 6.92 Å². The molecule has 66 valence electrons. The molecule has 0 atom stereocenters. The zero-order valence-electron chi connectivity index (χ0n) is 6.70. The number of hydrogen-bond acceptors (Lipinski definition) is 0. The van der Waals surface area contributed by atoms with E-state index in [4.69, 9.17) is 0 Å². The monoisotopic (exact) mass is 234 g/mol. The zero-order valence-corrected chi connectivity index (χ0v) is 8.29. The highest BCUT2D eigenvalue weighted by atomic mass is 79.9. The molecule has 0 aliphatic rings. The van der Waals surface area contributed by atoms with Crippen molar-refractivity contribution in [3.8, 4) is 0 Å². The first kappa shape index (κ1) is 9.65. The standard InChI is InChI=1S/C9H9BrF2/c1-2-6-3-7(5-10)9(12)4-8(6)11/h3-4H,2,5H2,1H3. The Morgan fingerprint density at radius 2 is 1.75 bits per heavy atom. The van der Waals surface area contributed by atoms with E-state index >= 15 is 0 Å². The van der Waals surface area contributed by atoms with Crippen molar-refractivity contribution >= 4 is 15.9 Å². The van der Waals surface area contributed by atoms with Crippen LogP contribution in [0, 0.1) is 11.6 Å². The van der Waals surface area contributed by atoms with E-state index in [0.29, 0.717) is 22.9 Å². The maximum atomic E-state index is 12.9. The number of halogens is 3. The van der Waals surface area contributed by atoms with Gasteiger partial charge in [-0.25, -0.2) is 8.78 Å². The third kappa shape index (κ3) is 1.83. The first-order valence-corrected chi connectivity index (χ1v) is 4.84. The molecule has 12 heavy (non-hydrogen) atoms. The minimum absolute atomic E-state index is 0.423. The Labute approximate surface area is 78.7 Å². The molecule has 1 aromatic carbocycles. The number of benzene rings is 1. The third-order valence-corrected chi connectivity index (χ3v) is 2.34. The third-order valence-electron chi connectivity index (χ3n) is 1.74. The van der Waals surface area contributed by atoms with Gasteiger partial charge in [0.05, 0.1) is 0 Å². The summed E-state index contributed by atoms with van der Waals surface area (Å²) < 4.78 is 25.8. The molecule has 1 rings (SSSR count). The molecule has 0 nitrogen and oxygen atoms in total. The summed E-state index contributed by atoms with van der Waals surface area (Å²) in [6.07, 6.45) is 0.589. The van der Waals surface area contributed by atoms with Gasteiger partial charge in [0.2, 0.25) is 0 Å². The summed E-state index contributed by atoms with van der Waals surface area (Å²) in [7, 11) is 0. The largest absolute Gasteiger partial charge is 0.207 e. The van der Waals surface area contributed by atoms with Gasteiger partial charge >= 0.3 is 0 Å². The second-order valence-electron chi connectivity index (χ2n) is 2.52. The molecular formula is C9H9BrF2. The van der Waals surface area contributed by atoms with Gasteiger partial charge in [0, 0.05) is 11.4 Å². The molecule has 0 unspecified atom stereocenters. The Kier molecular flexibility index (Phi) is 3.20. The predicted molar refractivity (Wildman–Crippen MR) is 48.4 cm³/mol. The van der Waals surface area contributed by atoms with E-state index in [1.54, 1.807) is 6.07 Å². The molecular weight excluding hydrogens is 226 g/mol. The van der Waals surface area contributed by atoms with Crippen LogP contribution in [0.3, 0.4) is 0 Å². The van der Waals surface area contributed by atoms with Crippen LogP contribution < -0.4 is 0 Å². The van der Waals surface area contributed by atoms with Crippen molar-refractivity contribution in [3.63, 3.8) is 0 Å². The lowest BCUT2D eigenvalue weighted by Gasteiger charge is -2.03. The van der Waals surface area contributed by atoms with E-state index < -0.39 is 11.6 Å². The molecule has 0 fully saturated rings. The number of aryl methyl sites for hydroxylation is 1. The highest BCUT2D eigenvalue weighted by molar-refractivity contribution is 9.08. The lowest BCUT2D eigenvalue weighted by Crippen LogP contribution is -1.94. The van der Waals surface area contributed by atoms with Gasteiger partial charge in [-0.3, -0.25) is 0 Å². The van der Waals surface area contributed by atoms with Gasteiger partial charge in [-0.2, -0.15) is 0 Å². The Hall–Kier alpha value is -0.440. The second kappa shape index (κ2) is 3.99. The van der Waals surface area contributed by atoms with E-state index in [0.717, 1.165) is 6.07 Å². The van der Waals surface area contributed by atoms with Gasteiger partial charge in [0.15, 0.2) is 0 Å².